The SMILES string of the molecule is C[C@H]1C[C@@H](OC(=O)c2ccccc2)CC(C)(C)N1. The van der Waals surface area contributed by atoms with Crippen LogP contribution in [0, 0.1) is 0 Å². The van der Waals surface area contributed by atoms with E-state index in [1.807, 2.05) is 18.2 Å². The molecule has 1 saturated heterocycles. The number of rotatable bonds is 2. The molecule has 0 bridgehead atoms. The van der Waals surface area contributed by atoms with Gasteiger partial charge in [-0.25, -0.2) is 4.79 Å². The van der Waals surface area contributed by atoms with E-state index in [-0.39, 0.29) is 17.6 Å². The number of carbonyl (C=O) groups excluding carboxylic acids is 1. The second-order valence-corrected chi connectivity index (χ2v) is 5.76. The van der Waals surface area contributed by atoms with E-state index in [4.69, 9.17) is 4.74 Å². The van der Waals surface area contributed by atoms with Crippen LogP contribution in [0.15, 0.2) is 30.3 Å². The van der Waals surface area contributed by atoms with Crippen molar-refractivity contribution >= 4 is 5.97 Å². The molecule has 0 saturated carbocycles. The lowest BCUT2D eigenvalue weighted by Gasteiger charge is -2.39. The molecule has 18 heavy (non-hydrogen) atoms. The lowest BCUT2D eigenvalue weighted by Crippen LogP contribution is -2.53. The highest BCUT2D eigenvalue weighted by atomic mass is 16.5. The normalized spacial score (nSPS) is 26.6. The molecule has 3 heteroatoms. The summed E-state index contributed by atoms with van der Waals surface area (Å²) in [5, 5.41) is 3.51. The Morgan fingerprint density at radius 3 is 2.61 bits per heavy atom. The maximum Gasteiger partial charge on any atom is 0.338 e. The first kappa shape index (κ1) is 13.1. The van der Waals surface area contributed by atoms with E-state index in [2.05, 4.69) is 26.1 Å². The van der Waals surface area contributed by atoms with Gasteiger partial charge in [0.1, 0.15) is 6.10 Å². The van der Waals surface area contributed by atoms with Crippen LogP contribution in [0.2, 0.25) is 0 Å². The molecule has 0 aliphatic carbocycles. The fraction of sp³-hybridized carbons (Fsp3) is 0.533. The number of nitrogens with one attached hydrogen (secondary N) is 1. The van der Waals surface area contributed by atoms with Gasteiger partial charge in [-0.15, -0.1) is 0 Å². The quantitative estimate of drug-likeness (QED) is 0.817. The van der Waals surface area contributed by atoms with Crippen LogP contribution in [-0.2, 0) is 4.74 Å². The van der Waals surface area contributed by atoms with Crippen molar-refractivity contribution < 1.29 is 9.53 Å². The Morgan fingerprint density at radius 2 is 2.00 bits per heavy atom. The molecule has 1 aromatic rings. The minimum Gasteiger partial charge on any atom is -0.459 e. The van der Waals surface area contributed by atoms with Crippen molar-refractivity contribution in [2.45, 2.75) is 51.3 Å². The fourth-order valence-electron chi connectivity index (χ4n) is 2.72. The third kappa shape index (κ3) is 3.33. The standard InChI is InChI=1S/C15H21NO2/c1-11-9-13(10-15(2,3)16-11)18-14(17)12-7-5-4-6-8-12/h4-8,11,13,16H,9-10H2,1-3H3/t11-,13+/m0/s1. The molecule has 0 amide bonds. The van der Waals surface area contributed by atoms with Crippen LogP contribution >= 0.6 is 0 Å². The molecule has 0 radical (unpaired) electrons. The molecule has 2 rings (SSSR count). The van der Waals surface area contributed by atoms with Crippen LogP contribution in [-0.4, -0.2) is 23.7 Å². The molecule has 1 aliphatic heterocycles. The summed E-state index contributed by atoms with van der Waals surface area (Å²) >= 11 is 0. The number of ether oxygens (including phenoxy) is 1. The van der Waals surface area contributed by atoms with Gasteiger partial charge in [-0.2, -0.15) is 0 Å². The van der Waals surface area contributed by atoms with E-state index in [1.54, 1.807) is 12.1 Å². The Balaban J connectivity index is 1.99. The lowest BCUT2D eigenvalue weighted by atomic mass is 9.87. The Bertz CT molecular complexity index is 414. The van der Waals surface area contributed by atoms with Crippen molar-refractivity contribution in [3.63, 3.8) is 0 Å². The second-order valence-electron chi connectivity index (χ2n) is 5.76. The predicted molar refractivity (Wildman–Crippen MR) is 71.6 cm³/mol. The smallest absolute Gasteiger partial charge is 0.338 e. The van der Waals surface area contributed by atoms with E-state index in [0.29, 0.717) is 11.6 Å². The number of carbonyl (C=O) groups is 1. The average Bonchev–Trinajstić information content (AvgIpc) is 2.27. The first-order valence-electron chi connectivity index (χ1n) is 6.50. The lowest BCUT2D eigenvalue weighted by molar-refractivity contribution is 0.00587. The van der Waals surface area contributed by atoms with Crippen LogP contribution in [0.25, 0.3) is 0 Å². The zero-order valence-corrected chi connectivity index (χ0v) is 11.3. The molecule has 0 spiro atoms. The van der Waals surface area contributed by atoms with Gasteiger partial charge in [0.25, 0.3) is 0 Å². The number of benzene rings is 1. The van der Waals surface area contributed by atoms with Gasteiger partial charge in [0.05, 0.1) is 5.56 Å². The highest BCUT2D eigenvalue weighted by Crippen LogP contribution is 2.25. The molecule has 2 atom stereocenters. The molecular formula is C15H21NO2. The van der Waals surface area contributed by atoms with Crippen LogP contribution in [0.4, 0.5) is 0 Å². The number of piperidine rings is 1. The minimum absolute atomic E-state index is 0.00366. The van der Waals surface area contributed by atoms with E-state index in [1.165, 1.54) is 0 Å². The summed E-state index contributed by atoms with van der Waals surface area (Å²) in [4.78, 5) is 12.0. The Hall–Kier alpha value is -1.35. The maximum atomic E-state index is 12.0. The molecule has 1 aromatic carbocycles. The molecule has 1 heterocycles. The largest absolute Gasteiger partial charge is 0.459 e. The van der Waals surface area contributed by atoms with Gasteiger partial charge in [0, 0.05) is 18.0 Å². The predicted octanol–water partition coefficient (Wildman–Crippen LogP) is 2.76. The molecule has 1 aliphatic rings. The molecular weight excluding hydrogens is 226 g/mol. The van der Waals surface area contributed by atoms with E-state index in [9.17, 15) is 4.79 Å². The van der Waals surface area contributed by atoms with Crippen molar-refractivity contribution in [3.05, 3.63) is 35.9 Å². The van der Waals surface area contributed by atoms with Crippen LogP contribution < -0.4 is 5.32 Å². The number of hydrogen-bond acceptors (Lipinski definition) is 3. The Kier molecular flexibility index (Phi) is 3.71. The van der Waals surface area contributed by atoms with Crippen molar-refractivity contribution in [3.8, 4) is 0 Å². The highest BCUT2D eigenvalue weighted by molar-refractivity contribution is 5.89. The maximum absolute atomic E-state index is 12.0. The first-order valence-corrected chi connectivity index (χ1v) is 6.50. The minimum atomic E-state index is -0.217. The van der Waals surface area contributed by atoms with Gasteiger partial charge in [-0.3, -0.25) is 0 Å². The van der Waals surface area contributed by atoms with Gasteiger partial charge in [0.15, 0.2) is 0 Å². The van der Waals surface area contributed by atoms with Crippen molar-refractivity contribution in [2.24, 2.45) is 0 Å². The highest BCUT2D eigenvalue weighted by Gasteiger charge is 2.33. The fourth-order valence-corrected chi connectivity index (χ4v) is 2.72. The summed E-state index contributed by atoms with van der Waals surface area (Å²) in [7, 11) is 0. The van der Waals surface area contributed by atoms with E-state index < -0.39 is 0 Å². The summed E-state index contributed by atoms with van der Waals surface area (Å²) in [6.07, 6.45) is 1.74. The first-order chi connectivity index (χ1) is 8.46. The average molecular weight is 247 g/mol. The summed E-state index contributed by atoms with van der Waals surface area (Å²) in [5.41, 5.74) is 0.653. The van der Waals surface area contributed by atoms with Gasteiger partial charge in [-0.1, -0.05) is 18.2 Å². The van der Waals surface area contributed by atoms with Gasteiger partial charge in [0.2, 0.25) is 0 Å². The summed E-state index contributed by atoms with van der Waals surface area (Å²) < 4.78 is 5.60. The van der Waals surface area contributed by atoms with Crippen molar-refractivity contribution in [2.75, 3.05) is 0 Å². The number of hydrogen-bond donors (Lipinski definition) is 1. The van der Waals surface area contributed by atoms with Crippen molar-refractivity contribution in [1.29, 1.82) is 0 Å². The molecule has 1 fully saturated rings. The number of esters is 1. The van der Waals surface area contributed by atoms with Crippen LogP contribution in [0.1, 0.15) is 44.0 Å². The third-order valence-electron chi connectivity index (χ3n) is 3.27. The van der Waals surface area contributed by atoms with E-state index in [0.717, 1.165) is 12.8 Å². The monoisotopic (exact) mass is 247 g/mol. The zero-order chi connectivity index (χ0) is 13.2. The third-order valence-corrected chi connectivity index (χ3v) is 3.27. The Labute approximate surface area is 109 Å². The topological polar surface area (TPSA) is 38.3 Å². The van der Waals surface area contributed by atoms with E-state index >= 15 is 0 Å². The molecule has 3 nitrogen and oxygen atoms in total. The molecule has 98 valence electrons. The molecule has 0 unspecified atom stereocenters. The molecule has 1 N–H and O–H groups in total. The zero-order valence-electron chi connectivity index (χ0n) is 11.3. The van der Waals surface area contributed by atoms with Gasteiger partial charge >= 0.3 is 5.97 Å². The second kappa shape index (κ2) is 5.11. The summed E-state index contributed by atoms with van der Waals surface area (Å²) in [6, 6.07) is 9.56. The van der Waals surface area contributed by atoms with Gasteiger partial charge in [-0.05, 0) is 39.3 Å². The van der Waals surface area contributed by atoms with Crippen LogP contribution in [0.5, 0.6) is 0 Å². The molecule has 0 aromatic heterocycles. The van der Waals surface area contributed by atoms with Crippen LogP contribution in [0.3, 0.4) is 0 Å². The van der Waals surface area contributed by atoms with Crippen molar-refractivity contribution in [1.82, 2.24) is 5.32 Å². The Morgan fingerprint density at radius 1 is 1.33 bits per heavy atom. The summed E-state index contributed by atoms with van der Waals surface area (Å²) in [6.45, 7) is 6.42. The van der Waals surface area contributed by atoms with Gasteiger partial charge < -0.3 is 10.1 Å². The summed E-state index contributed by atoms with van der Waals surface area (Å²) in [5.74, 6) is -0.217.